The van der Waals surface area contributed by atoms with Gasteiger partial charge < -0.3 is 25.5 Å². The summed E-state index contributed by atoms with van der Waals surface area (Å²) in [6, 6.07) is 2.01. The number of amides is 3. The van der Waals surface area contributed by atoms with E-state index in [4.69, 9.17) is 9.90 Å². The van der Waals surface area contributed by atoms with Crippen molar-refractivity contribution in [2.24, 2.45) is 5.41 Å². The van der Waals surface area contributed by atoms with Gasteiger partial charge in [-0.1, -0.05) is 11.6 Å². The highest BCUT2D eigenvalue weighted by Gasteiger charge is 2.45. The zero-order valence-corrected chi connectivity index (χ0v) is 27.3. The smallest absolute Gasteiger partial charge is 0.475 e. The zero-order valence-electron chi connectivity index (χ0n) is 26.5. The highest BCUT2D eigenvalue weighted by Crippen LogP contribution is 2.41. The summed E-state index contributed by atoms with van der Waals surface area (Å²) in [5.74, 6) is -2.14. The molecule has 0 atom stereocenters. The molecule has 2 aromatic heterocycles. The number of nitrogens with zero attached hydrogens (tertiary/aromatic N) is 4. The number of halogens is 3. The van der Waals surface area contributed by atoms with Crippen molar-refractivity contribution in [1.29, 1.82) is 0 Å². The Morgan fingerprint density at radius 2 is 1.83 bits per heavy atom. The number of anilines is 1. The lowest BCUT2D eigenvalue weighted by Crippen LogP contribution is -2.53. The Kier molecular flexibility index (Phi) is 11.2. The quantitative estimate of drug-likeness (QED) is 0.307. The fourth-order valence-electron chi connectivity index (χ4n) is 5.47. The number of pyridine rings is 1. The second kappa shape index (κ2) is 14.8. The molecule has 15 heteroatoms. The lowest BCUT2D eigenvalue weighted by Gasteiger charge is -2.43. The van der Waals surface area contributed by atoms with Crippen LogP contribution < -0.4 is 10.6 Å². The summed E-state index contributed by atoms with van der Waals surface area (Å²) in [6.07, 6.45) is 7.51. The summed E-state index contributed by atoms with van der Waals surface area (Å²) < 4.78 is 31.7. The molecule has 11 nitrogen and oxygen atoms in total. The number of likely N-dealkylation sites (tertiary alicyclic amines) is 1. The van der Waals surface area contributed by atoms with Crippen molar-refractivity contribution in [2.75, 3.05) is 38.0 Å². The molecular formula is C32H39F3N6O5S. The molecule has 5 rings (SSSR count). The van der Waals surface area contributed by atoms with Crippen molar-refractivity contribution in [2.45, 2.75) is 64.6 Å². The molecule has 0 aliphatic carbocycles. The number of aliphatic carboxylic acids is 1. The van der Waals surface area contributed by atoms with E-state index in [9.17, 15) is 27.6 Å². The maximum Gasteiger partial charge on any atom is 0.490 e. The average Bonchev–Trinajstić information content (AvgIpc) is 3.52. The summed E-state index contributed by atoms with van der Waals surface area (Å²) in [4.78, 5) is 60.1. The normalized spacial score (nSPS) is 17.8. The van der Waals surface area contributed by atoms with Crippen LogP contribution in [0.1, 0.15) is 56.2 Å². The maximum absolute atomic E-state index is 13.1. The topological polar surface area (TPSA) is 145 Å². The first-order chi connectivity index (χ1) is 22.0. The van der Waals surface area contributed by atoms with Crippen LogP contribution in [0.25, 0.3) is 6.08 Å². The number of carboxylic acids is 1. The SMILES string of the molecule is CC(C)(C)NCC(=O)N1CCC2(CC1)Cc1cc(C=CC(=O)N3CC=C(Cc4nccs4)CC3)cnc1NC2=O.O=C(O)C(F)(F)F. The second-order valence-electron chi connectivity index (χ2n) is 12.8. The molecule has 254 valence electrons. The van der Waals surface area contributed by atoms with Gasteiger partial charge in [0.05, 0.1) is 17.0 Å². The molecule has 0 saturated carbocycles. The van der Waals surface area contributed by atoms with Gasteiger partial charge >= 0.3 is 12.1 Å². The van der Waals surface area contributed by atoms with Crippen molar-refractivity contribution >= 4 is 46.9 Å². The van der Waals surface area contributed by atoms with E-state index in [2.05, 4.69) is 26.7 Å². The van der Waals surface area contributed by atoms with Gasteiger partial charge in [-0.15, -0.1) is 11.3 Å². The molecule has 2 aromatic rings. The number of hydrogen-bond acceptors (Lipinski definition) is 8. The van der Waals surface area contributed by atoms with E-state index in [-0.39, 0.29) is 23.3 Å². The summed E-state index contributed by atoms with van der Waals surface area (Å²) in [5.41, 5.74) is 2.46. The third-order valence-corrected chi connectivity index (χ3v) is 8.99. The molecule has 3 aliphatic heterocycles. The minimum Gasteiger partial charge on any atom is -0.475 e. The monoisotopic (exact) mass is 676 g/mol. The third kappa shape index (κ3) is 9.94. The van der Waals surface area contributed by atoms with Crippen molar-refractivity contribution in [3.05, 3.63) is 57.7 Å². The molecule has 3 amide bonds. The number of hydrogen-bond donors (Lipinski definition) is 3. The summed E-state index contributed by atoms with van der Waals surface area (Å²) in [7, 11) is 0. The van der Waals surface area contributed by atoms with Gasteiger partial charge in [0.1, 0.15) is 5.82 Å². The van der Waals surface area contributed by atoms with Gasteiger partial charge in [-0.2, -0.15) is 13.2 Å². The van der Waals surface area contributed by atoms with Gasteiger partial charge in [-0.05, 0) is 69.7 Å². The molecule has 0 radical (unpaired) electrons. The summed E-state index contributed by atoms with van der Waals surface area (Å²) in [5, 5.41) is 16.5. The number of fused-ring (bicyclic) bond motifs is 1. The number of aromatic nitrogens is 2. The van der Waals surface area contributed by atoms with Crippen LogP contribution in [0.3, 0.4) is 0 Å². The Labute approximate surface area is 274 Å². The molecule has 0 bridgehead atoms. The van der Waals surface area contributed by atoms with Crippen molar-refractivity contribution < 1.29 is 37.5 Å². The van der Waals surface area contributed by atoms with Crippen LogP contribution in [0, 0.1) is 5.41 Å². The van der Waals surface area contributed by atoms with E-state index in [1.807, 2.05) is 48.2 Å². The molecule has 1 spiro atoms. The molecular weight excluding hydrogens is 637 g/mol. The number of nitrogens with one attached hydrogen (secondary N) is 2. The van der Waals surface area contributed by atoms with Crippen LogP contribution in [0.2, 0.25) is 0 Å². The van der Waals surface area contributed by atoms with E-state index in [0.29, 0.717) is 57.8 Å². The Hall–Kier alpha value is -4.11. The number of rotatable bonds is 6. The molecule has 0 unspecified atom stereocenters. The van der Waals surface area contributed by atoms with Crippen LogP contribution in [0.15, 0.2) is 41.6 Å². The lowest BCUT2D eigenvalue weighted by atomic mass is 9.71. The zero-order chi connectivity index (χ0) is 34.4. The summed E-state index contributed by atoms with van der Waals surface area (Å²) >= 11 is 1.66. The molecule has 0 aromatic carbocycles. The van der Waals surface area contributed by atoms with E-state index < -0.39 is 17.6 Å². The Morgan fingerprint density at radius 3 is 2.40 bits per heavy atom. The standard InChI is InChI=1S/C30H38N6O3S.C2HF3O2/c1-29(2,3)33-20-26(38)36-13-8-30(9-14-36)18-23-16-22(19-32-27(23)34-28(30)39)4-5-25(37)35-11-6-21(7-12-35)17-24-31-10-15-40-24;3-2(4,5)1(6)7/h4-6,10,15-16,19,33H,7-9,11-14,17-18,20H2,1-3H3,(H,32,34,39);(H,6,7). The Bertz CT molecular complexity index is 1530. The molecule has 1 fully saturated rings. The first-order valence-electron chi connectivity index (χ1n) is 15.2. The van der Waals surface area contributed by atoms with Gasteiger partial charge in [-0.25, -0.2) is 14.8 Å². The van der Waals surface area contributed by atoms with E-state index >= 15 is 0 Å². The highest BCUT2D eigenvalue weighted by molar-refractivity contribution is 7.09. The summed E-state index contributed by atoms with van der Waals surface area (Å²) in [6.45, 7) is 8.83. The number of thiazole rings is 1. The number of carbonyl (C=O) groups is 4. The van der Waals surface area contributed by atoms with Crippen molar-refractivity contribution in [3.63, 3.8) is 0 Å². The van der Waals surface area contributed by atoms with Crippen molar-refractivity contribution in [1.82, 2.24) is 25.1 Å². The predicted molar refractivity (Wildman–Crippen MR) is 170 cm³/mol. The first kappa shape index (κ1) is 35.7. The fraction of sp³-hybridized carbons (Fsp3) is 0.500. The highest BCUT2D eigenvalue weighted by atomic mass is 32.1. The van der Waals surface area contributed by atoms with Crippen LogP contribution in [-0.2, 0) is 32.0 Å². The minimum absolute atomic E-state index is 0.0155. The maximum atomic E-state index is 13.1. The number of alkyl halides is 3. The van der Waals surface area contributed by atoms with Gasteiger partial charge in [-0.3, -0.25) is 14.4 Å². The number of carboxylic acid groups (broad SMARTS) is 1. The van der Waals surface area contributed by atoms with Crippen molar-refractivity contribution in [3.8, 4) is 0 Å². The third-order valence-electron chi connectivity index (χ3n) is 8.21. The van der Waals surface area contributed by atoms with Gasteiger partial charge in [0, 0.05) is 62.0 Å². The number of piperidine rings is 1. The van der Waals surface area contributed by atoms with Crippen LogP contribution in [-0.4, -0.2) is 93.0 Å². The van der Waals surface area contributed by atoms with E-state index in [0.717, 1.165) is 29.0 Å². The molecule has 1 saturated heterocycles. The average molecular weight is 677 g/mol. The Balaban J connectivity index is 0.000000644. The van der Waals surface area contributed by atoms with Gasteiger partial charge in [0.2, 0.25) is 17.7 Å². The van der Waals surface area contributed by atoms with Crippen LogP contribution in [0.4, 0.5) is 19.0 Å². The van der Waals surface area contributed by atoms with Crippen LogP contribution >= 0.6 is 11.3 Å². The minimum atomic E-state index is -5.08. The molecule has 3 N–H and O–H groups in total. The molecule has 47 heavy (non-hydrogen) atoms. The van der Waals surface area contributed by atoms with E-state index in [1.54, 1.807) is 29.7 Å². The largest absolute Gasteiger partial charge is 0.490 e. The lowest BCUT2D eigenvalue weighted by molar-refractivity contribution is -0.192. The fourth-order valence-corrected chi connectivity index (χ4v) is 6.14. The van der Waals surface area contributed by atoms with Gasteiger partial charge in [0.25, 0.3) is 0 Å². The Morgan fingerprint density at radius 1 is 1.13 bits per heavy atom. The van der Waals surface area contributed by atoms with Crippen LogP contribution in [0.5, 0.6) is 0 Å². The number of carbonyl (C=O) groups excluding carboxylic acids is 3. The predicted octanol–water partition coefficient (Wildman–Crippen LogP) is 4.08. The molecule has 5 heterocycles. The van der Waals surface area contributed by atoms with E-state index in [1.165, 1.54) is 5.57 Å². The second-order valence-corrected chi connectivity index (χ2v) is 13.8. The van der Waals surface area contributed by atoms with Gasteiger partial charge in [0.15, 0.2) is 0 Å². The first-order valence-corrected chi connectivity index (χ1v) is 16.1. The molecule has 3 aliphatic rings.